The lowest BCUT2D eigenvalue weighted by Gasteiger charge is -2.11. The minimum atomic E-state index is 0.213. The number of fused-ring (bicyclic) bond motifs is 1. The summed E-state index contributed by atoms with van der Waals surface area (Å²) < 4.78 is 0. The van der Waals surface area contributed by atoms with Crippen LogP contribution in [0.25, 0.3) is 33.3 Å². The molecule has 0 aliphatic heterocycles. The summed E-state index contributed by atoms with van der Waals surface area (Å²) in [7, 11) is 0. The molecular weight excluding hydrogens is 318 g/mol. The maximum atomic E-state index is 10.2. The van der Waals surface area contributed by atoms with Gasteiger partial charge in [-0.1, -0.05) is 60.1 Å². The van der Waals surface area contributed by atoms with E-state index in [1.165, 1.54) is 0 Å². The maximum absolute atomic E-state index is 10.2. The van der Waals surface area contributed by atoms with Gasteiger partial charge in [0.2, 0.25) is 0 Å². The minimum absolute atomic E-state index is 0.213. The summed E-state index contributed by atoms with van der Waals surface area (Å²) in [6.07, 6.45) is 0. The highest BCUT2D eigenvalue weighted by Gasteiger charge is 2.12. The largest absolute Gasteiger partial charge is 0.507 e. The molecule has 1 heterocycles. The molecule has 0 aliphatic carbocycles. The second kappa shape index (κ2) is 5.99. The SMILES string of the molecule is Oc1ccccc1-c1cc(-c2ccccc2)c2ccc(Cl)cc2n1. The molecule has 1 aromatic heterocycles. The Kier molecular flexibility index (Phi) is 3.68. The van der Waals surface area contributed by atoms with Crippen molar-refractivity contribution in [1.29, 1.82) is 0 Å². The number of hydrogen-bond donors (Lipinski definition) is 1. The van der Waals surface area contributed by atoms with Crippen LogP contribution in [0, 0.1) is 0 Å². The van der Waals surface area contributed by atoms with E-state index in [-0.39, 0.29) is 5.75 Å². The fourth-order valence-electron chi connectivity index (χ4n) is 2.89. The Morgan fingerprint density at radius 2 is 1.50 bits per heavy atom. The van der Waals surface area contributed by atoms with E-state index in [1.807, 2.05) is 54.6 Å². The van der Waals surface area contributed by atoms with Crippen LogP contribution in [0.3, 0.4) is 0 Å². The first kappa shape index (κ1) is 14.7. The number of para-hydroxylation sites is 1. The Balaban J connectivity index is 2.05. The third kappa shape index (κ3) is 2.61. The lowest BCUT2D eigenvalue weighted by Crippen LogP contribution is -1.90. The summed E-state index contributed by atoms with van der Waals surface area (Å²) in [5.41, 5.74) is 4.40. The first-order valence-electron chi connectivity index (χ1n) is 7.66. The van der Waals surface area contributed by atoms with Crippen LogP contribution in [0.15, 0.2) is 78.9 Å². The predicted molar refractivity (Wildman–Crippen MR) is 99.3 cm³/mol. The van der Waals surface area contributed by atoms with Gasteiger partial charge < -0.3 is 5.11 Å². The Morgan fingerprint density at radius 3 is 2.29 bits per heavy atom. The molecule has 0 saturated heterocycles. The van der Waals surface area contributed by atoms with Crippen LogP contribution in [0.1, 0.15) is 0 Å². The van der Waals surface area contributed by atoms with Crippen molar-refractivity contribution in [3.63, 3.8) is 0 Å². The smallest absolute Gasteiger partial charge is 0.124 e. The minimum Gasteiger partial charge on any atom is -0.507 e. The number of phenolic OH excluding ortho intramolecular Hbond substituents is 1. The van der Waals surface area contributed by atoms with Crippen LogP contribution in [0.5, 0.6) is 5.75 Å². The van der Waals surface area contributed by atoms with E-state index in [0.29, 0.717) is 10.6 Å². The van der Waals surface area contributed by atoms with Crippen LogP contribution < -0.4 is 0 Å². The van der Waals surface area contributed by atoms with Gasteiger partial charge in [-0.3, -0.25) is 0 Å². The summed E-state index contributed by atoms with van der Waals surface area (Å²) >= 11 is 6.16. The molecule has 1 N–H and O–H groups in total. The van der Waals surface area contributed by atoms with Crippen molar-refractivity contribution in [2.24, 2.45) is 0 Å². The molecule has 2 nitrogen and oxygen atoms in total. The van der Waals surface area contributed by atoms with Crippen molar-refractivity contribution >= 4 is 22.5 Å². The van der Waals surface area contributed by atoms with Crippen molar-refractivity contribution in [2.45, 2.75) is 0 Å². The molecule has 0 unspecified atom stereocenters. The molecule has 24 heavy (non-hydrogen) atoms. The van der Waals surface area contributed by atoms with E-state index in [0.717, 1.165) is 27.7 Å². The summed E-state index contributed by atoms with van der Waals surface area (Å²) in [5, 5.41) is 11.9. The van der Waals surface area contributed by atoms with Gasteiger partial charge in [-0.05, 0) is 41.5 Å². The Labute approximate surface area is 145 Å². The molecule has 4 aromatic rings. The molecule has 3 aromatic carbocycles. The number of pyridine rings is 1. The van der Waals surface area contributed by atoms with Crippen LogP contribution in [0.2, 0.25) is 5.02 Å². The van der Waals surface area contributed by atoms with Gasteiger partial charge >= 0.3 is 0 Å². The normalized spacial score (nSPS) is 10.9. The van der Waals surface area contributed by atoms with Gasteiger partial charge in [-0.15, -0.1) is 0 Å². The molecule has 0 spiro atoms. The number of aromatic nitrogens is 1. The molecular formula is C21H14ClNO. The van der Waals surface area contributed by atoms with E-state index in [1.54, 1.807) is 12.1 Å². The van der Waals surface area contributed by atoms with Crippen molar-refractivity contribution in [3.8, 4) is 28.1 Å². The first-order chi connectivity index (χ1) is 11.7. The molecule has 0 radical (unpaired) electrons. The highest BCUT2D eigenvalue weighted by molar-refractivity contribution is 6.31. The monoisotopic (exact) mass is 331 g/mol. The van der Waals surface area contributed by atoms with Crippen LogP contribution in [-0.4, -0.2) is 10.1 Å². The average molecular weight is 332 g/mol. The fourth-order valence-corrected chi connectivity index (χ4v) is 3.05. The van der Waals surface area contributed by atoms with Gasteiger partial charge in [0.1, 0.15) is 5.75 Å². The molecule has 4 rings (SSSR count). The van der Waals surface area contributed by atoms with Gasteiger partial charge in [0.05, 0.1) is 11.2 Å². The Hall–Kier alpha value is -2.84. The second-order valence-electron chi connectivity index (χ2n) is 5.60. The summed E-state index contributed by atoms with van der Waals surface area (Å²) in [5.74, 6) is 0.213. The molecule has 0 fully saturated rings. The summed E-state index contributed by atoms with van der Waals surface area (Å²) in [6, 6.07) is 25.1. The fraction of sp³-hybridized carbons (Fsp3) is 0. The van der Waals surface area contributed by atoms with E-state index in [9.17, 15) is 5.11 Å². The number of nitrogens with zero attached hydrogens (tertiary/aromatic N) is 1. The molecule has 0 aliphatic rings. The third-order valence-corrected chi connectivity index (χ3v) is 4.27. The summed E-state index contributed by atoms with van der Waals surface area (Å²) in [4.78, 5) is 4.71. The number of aromatic hydroxyl groups is 1. The topological polar surface area (TPSA) is 33.1 Å². The first-order valence-corrected chi connectivity index (χ1v) is 8.04. The van der Waals surface area contributed by atoms with Crippen molar-refractivity contribution in [2.75, 3.05) is 0 Å². The molecule has 116 valence electrons. The number of rotatable bonds is 2. The highest BCUT2D eigenvalue weighted by Crippen LogP contribution is 2.35. The molecule has 0 saturated carbocycles. The number of phenols is 1. The van der Waals surface area contributed by atoms with Gasteiger partial charge in [-0.25, -0.2) is 4.98 Å². The van der Waals surface area contributed by atoms with Crippen LogP contribution in [-0.2, 0) is 0 Å². The van der Waals surface area contributed by atoms with Gasteiger partial charge in [0.25, 0.3) is 0 Å². The zero-order valence-electron chi connectivity index (χ0n) is 12.8. The Bertz CT molecular complexity index is 1030. The predicted octanol–water partition coefficient (Wildman–Crippen LogP) is 5.93. The summed E-state index contributed by atoms with van der Waals surface area (Å²) in [6.45, 7) is 0. The van der Waals surface area contributed by atoms with E-state index < -0.39 is 0 Å². The van der Waals surface area contributed by atoms with E-state index in [2.05, 4.69) is 12.1 Å². The van der Waals surface area contributed by atoms with Crippen molar-refractivity contribution < 1.29 is 5.11 Å². The van der Waals surface area contributed by atoms with Gasteiger partial charge in [0.15, 0.2) is 0 Å². The lowest BCUT2D eigenvalue weighted by atomic mass is 9.98. The van der Waals surface area contributed by atoms with E-state index in [4.69, 9.17) is 16.6 Å². The molecule has 0 bridgehead atoms. The standard InChI is InChI=1S/C21H14ClNO/c22-15-10-11-16-18(14-6-2-1-3-7-14)13-20(23-19(16)12-15)17-8-4-5-9-21(17)24/h1-13,24H. The van der Waals surface area contributed by atoms with Crippen LogP contribution in [0.4, 0.5) is 0 Å². The second-order valence-corrected chi connectivity index (χ2v) is 6.04. The number of benzene rings is 3. The zero-order chi connectivity index (χ0) is 16.5. The van der Waals surface area contributed by atoms with E-state index >= 15 is 0 Å². The zero-order valence-corrected chi connectivity index (χ0v) is 13.5. The number of halogens is 1. The van der Waals surface area contributed by atoms with Gasteiger partial charge in [0, 0.05) is 16.0 Å². The Morgan fingerprint density at radius 1 is 0.750 bits per heavy atom. The number of hydrogen-bond acceptors (Lipinski definition) is 2. The molecule has 3 heteroatoms. The maximum Gasteiger partial charge on any atom is 0.124 e. The lowest BCUT2D eigenvalue weighted by molar-refractivity contribution is 0.477. The molecule has 0 atom stereocenters. The van der Waals surface area contributed by atoms with Crippen LogP contribution >= 0.6 is 11.6 Å². The third-order valence-electron chi connectivity index (χ3n) is 4.04. The van der Waals surface area contributed by atoms with Crippen molar-refractivity contribution in [3.05, 3.63) is 83.9 Å². The van der Waals surface area contributed by atoms with Crippen molar-refractivity contribution in [1.82, 2.24) is 4.98 Å². The van der Waals surface area contributed by atoms with Gasteiger partial charge in [-0.2, -0.15) is 0 Å². The quantitative estimate of drug-likeness (QED) is 0.494. The average Bonchev–Trinajstić information content (AvgIpc) is 2.61. The molecule has 0 amide bonds. The highest BCUT2D eigenvalue weighted by atomic mass is 35.5.